The highest BCUT2D eigenvalue weighted by atomic mass is 15.1. The van der Waals surface area contributed by atoms with Crippen LogP contribution >= 0.6 is 0 Å². The van der Waals surface area contributed by atoms with Crippen LogP contribution in [-0.2, 0) is 0 Å². The highest BCUT2D eigenvalue weighted by Crippen LogP contribution is 2.16. The number of H-pyrrole nitrogens is 1. The summed E-state index contributed by atoms with van der Waals surface area (Å²) in [7, 11) is 0. The molecule has 1 aromatic heterocycles. The van der Waals surface area contributed by atoms with E-state index in [0.717, 1.165) is 11.4 Å². The molecule has 1 rings (SSSR count). The number of hydrogen-bond acceptors (Lipinski definition) is 2. The Balaban J connectivity index is 2.94. The van der Waals surface area contributed by atoms with E-state index in [2.05, 4.69) is 24.0 Å². The van der Waals surface area contributed by atoms with E-state index in [1.165, 1.54) is 0 Å². The first-order valence-corrected chi connectivity index (χ1v) is 3.00. The Bertz CT molecular complexity index is 190. The first-order valence-electron chi connectivity index (χ1n) is 3.00. The van der Waals surface area contributed by atoms with Gasteiger partial charge in [-0.25, -0.2) is 0 Å². The van der Waals surface area contributed by atoms with E-state index < -0.39 is 0 Å². The lowest BCUT2D eigenvalue weighted by Crippen LogP contribution is -1.93. The van der Waals surface area contributed by atoms with E-state index in [4.69, 9.17) is 5.73 Å². The number of nitrogen functional groups attached to an aromatic ring is 1. The van der Waals surface area contributed by atoms with Crippen molar-refractivity contribution in [2.75, 3.05) is 5.73 Å². The van der Waals surface area contributed by atoms with Gasteiger partial charge in [0.15, 0.2) is 0 Å². The summed E-state index contributed by atoms with van der Waals surface area (Å²) >= 11 is 0. The fourth-order valence-corrected chi connectivity index (χ4v) is 0.768. The Morgan fingerprint density at radius 3 is 2.56 bits per heavy atom. The van der Waals surface area contributed by atoms with E-state index in [1.807, 2.05) is 0 Å². The summed E-state index contributed by atoms with van der Waals surface area (Å²) in [6.07, 6.45) is 1.63. The molecule has 0 aromatic carbocycles. The fraction of sp³-hybridized carbons (Fsp3) is 0.500. The summed E-state index contributed by atoms with van der Waals surface area (Å²) in [4.78, 5) is 0. The summed E-state index contributed by atoms with van der Waals surface area (Å²) in [6.45, 7) is 4.15. The average Bonchev–Trinajstić information content (AvgIpc) is 2.13. The van der Waals surface area contributed by atoms with Crippen molar-refractivity contribution in [2.45, 2.75) is 19.8 Å². The smallest absolute Gasteiger partial charge is 0.0733 e. The van der Waals surface area contributed by atoms with Gasteiger partial charge in [0.2, 0.25) is 0 Å². The number of nitrogens with zero attached hydrogens (tertiary/aromatic N) is 1. The predicted octanol–water partition coefficient (Wildman–Crippen LogP) is 1.12. The molecule has 0 fully saturated rings. The molecule has 0 spiro atoms. The molecule has 50 valence electrons. The van der Waals surface area contributed by atoms with Crippen LogP contribution in [0.1, 0.15) is 25.5 Å². The van der Waals surface area contributed by atoms with Crippen molar-refractivity contribution >= 4 is 5.69 Å². The van der Waals surface area contributed by atoms with E-state index in [-0.39, 0.29) is 0 Å². The monoisotopic (exact) mass is 125 g/mol. The second kappa shape index (κ2) is 2.09. The lowest BCUT2D eigenvalue weighted by atomic mass is 10.1. The molecule has 0 aliphatic carbocycles. The highest BCUT2D eigenvalue weighted by Gasteiger charge is 2.03. The topological polar surface area (TPSA) is 54.7 Å². The first-order chi connectivity index (χ1) is 4.22. The maximum Gasteiger partial charge on any atom is 0.0733 e. The van der Waals surface area contributed by atoms with Gasteiger partial charge in [0.05, 0.1) is 17.6 Å². The third kappa shape index (κ3) is 1.04. The van der Waals surface area contributed by atoms with Crippen molar-refractivity contribution in [1.82, 2.24) is 10.2 Å². The van der Waals surface area contributed by atoms with E-state index in [1.54, 1.807) is 6.20 Å². The van der Waals surface area contributed by atoms with Gasteiger partial charge < -0.3 is 5.73 Å². The van der Waals surface area contributed by atoms with Gasteiger partial charge in [0.1, 0.15) is 0 Å². The zero-order valence-corrected chi connectivity index (χ0v) is 5.68. The largest absolute Gasteiger partial charge is 0.396 e. The average molecular weight is 125 g/mol. The molecule has 0 radical (unpaired) electrons. The number of aromatic amines is 1. The van der Waals surface area contributed by atoms with Crippen molar-refractivity contribution in [1.29, 1.82) is 0 Å². The molecule has 0 saturated heterocycles. The summed E-state index contributed by atoms with van der Waals surface area (Å²) in [6, 6.07) is 0. The molecular weight excluding hydrogens is 114 g/mol. The maximum atomic E-state index is 5.55. The molecule has 0 unspecified atom stereocenters. The number of anilines is 1. The molecule has 3 nitrogen and oxygen atoms in total. The molecular formula is C6H11N3. The Morgan fingerprint density at radius 1 is 1.67 bits per heavy atom. The van der Waals surface area contributed by atoms with Gasteiger partial charge in [-0.3, -0.25) is 5.10 Å². The number of nitrogens with one attached hydrogen (secondary N) is 1. The number of aromatic nitrogens is 2. The lowest BCUT2D eigenvalue weighted by Gasteiger charge is -1.99. The van der Waals surface area contributed by atoms with Gasteiger partial charge in [-0.15, -0.1) is 0 Å². The third-order valence-corrected chi connectivity index (χ3v) is 1.28. The minimum atomic E-state index is 0.437. The molecule has 0 atom stereocenters. The molecule has 0 bridgehead atoms. The van der Waals surface area contributed by atoms with Crippen LogP contribution in [0.15, 0.2) is 6.20 Å². The van der Waals surface area contributed by atoms with Crippen LogP contribution in [0, 0.1) is 0 Å². The minimum absolute atomic E-state index is 0.437. The summed E-state index contributed by atoms with van der Waals surface area (Å²) < 4.78 is 0. The van der Waals surface area contributed by atoms with Crippen molar-refractivity contribution in [2.24, 2.45) is 0 Å². The van der Waals surface area contributed by atoms with Crippen LogP contribution in [0.2, 0.25) is 0 Å². The van der Waals surface area contributed by atoms with Gasteiger partial charge in [-0.2, -0.15) is 5.10 Å². The molecule has 0 amide bonds. The van der Waals surface area contributed by atoms with Crippen LogP contribution < -0.4 is 5.73 Å². The predicted molar refractivity (Wildman–Crippen MR) is 37.1 cm³/mol. The molecule has 1 aromatic rings. The summed E-state index contributed by atoms with van der Waals surface area (Å²) in [5.74, 6) is 0.437. The second-order valence-corrected chi connectivity index (χ2v) is 2.39. The van der Waals surface area contributed by atoms with Gasteiger partial charge in [-0.05, 0) is 5.92 Å². The minimum Gasteiger partial charge on any atom is -0.396 e. The Kier molecular flexibility index (Phi) is 1.42. The maximum absolute atomic E-state index is 5.55. The third-order valence-electron chi connectivity index (χ3n) is 1.28. The number of rotatable bonds is 1. The number of nitrogens with two attached hydrogens (primary N) is 1. The Labute approximate surface area is 54.3 Å². The van der Waals surface area contributed by atoms with Gasteiger partial charge in [-0.1, -0.05) is 13.8 Å². The summed E-state index contributed by atoms with van der Waals surface area (Å²) in [5, 5.41) is 6.62. The molecule has 9 heavy (non-hydrogen) atoms. The van der Waals surface area contributed by atoms with Crippen molar-refractivity contribution < 1.29 is 0 Å². The van der Waals surface area contributed by atoms with Crippen LogP contribution in [0.3, 0.4) is 0 Å². The molecule has 0 aliphatic rings. The van der Waals surface area contributed by atoms with Crippen LogP contribution in [-0.4, -0.2) is 10.2 Å². The Morgan fingerprint density at radius 2 is 2.33 bits per heavy atom. The number of hydrogen-bond donors (Lipinski definition) is 2. The normalized spacial score (nSPS) is 10.6. The van der Waals surface area contributed by atoms with Gasteiger partial charge >= 0.3 is 0 Å². The Hall–Kier alpha value is -0.990. The molecule has 0 saturated carbocycles. The van der Waals surface area contributed by atoms with E-state index in [0.29, 0.717) is 5.92 Å². The lowest BCUT2D eigenvalue weighted by molar-refractivity contribution is 0.813. The summed E-state index contributed by atoms with van der Waals surface area (Å²) in [5.41, 5.74) is 7.33. The van der Waals surface area contributed by atoms with Crippen molar-refractivity contribution in [3.05, 3.63) is 11.9 Å². The van der Waals surface area contributed by atoms with E-state index >= 15 is 0 Å². The van der Waals surface area contributed by atoms with Crippen LogP contribution in [0.25, 0.3) is 0 Å². The zero-order valence-electron chi connectivity index (χ0n) is 5.68. The SMILES string of the molecule is CC(C)c1[nH]ncc1N. The zero-order chi connectivity index (χ0) is 6.85. The van der Waals surface area contributed by atoms with Crippen molar-refractivity contribution in [3.63, 3.8) is 0 Å². The van der Waals surface area contributed by atoms with E-state index in [9.17, 15) is 0 Å². The van der Waals surface area contributed by atoms with Crippen molar-refractivity contribution in [3.8, 4) is 0 Å². The first kappa shape index (κ1) is 6.13. The fourth-order valence-electron chi connectivity index (χ4n) is 0.768. The standard InChI is InChI=1S/C6H11N3/c1-4(2)6-5(7)3-8-9-6/h3-4H,7H2,1-2H3,(H,8,9). The molecule has 1 heterocycles. The second-order valence-electron chi connectivity index (χ2n) is 2.39. The van der Waals surface area contributed by atoms with Crippen LogP contribution in [0.5, 0.6) is 0 Å². The van der Waals surface area contributed by atoms with Gasteiger partial charge in [0.25, 0.3) is 0 Å². The molecule has 3 heteroatoms. The molecule has 3 N–H and O–H groups in total. The quantitative estimate of drug-likeness (QED) is 0.590. The van der Waals surface area contributed by atoms with Crippen LogP contribution in [0.4, 0.5) is 5.69 Å². The molecule has 0 aliphatic heterocycles. The van der Waals surface area contributed by atoms with Gasteiger partial charge in [0, 0.05) is 0 Å². The highest BCUT2D eigenvalue weighted by molar-refractivity contribution is 5.41.